The molecule has 2 aromatic rings. The number of carboxylic acids is 1. The van der Waals surface area contributed by atoms with E-state index in [4.69, 9.17) is 17.2 Å². The van der Waals surface area contributed by atoms with Crippen molar-refractivity contribution in [1.82, 2.24) is 26.2 Å². The van der Waals surface area contributed by atoms with Gasteiger partial charge in [-0.15, -0.1) is 0 Å². The van der Waals surface area contributed by atoms with Crippen molar-refractivity contribution in [1.29, 1.82) is 0 Å². The molecule has 1 heterocycles. The van der Waals surface area contributed by atoms with Crippen LogP contribution in [-0.2, 0) is 36.8 Å². The zero-order valence-corrected chi connectivity index (χ0v) is 31.9. The number of benzene rings is 2. The lowest BCUT2D eigenvalue weighted by Crippen LogP contribution is -2.62. The fourth-order valence-electron chi connectivity index (χ4n) is 6.69. The smallest absolute Gasteiger partial charge is 0.324 e. The number of unbranched alkanes of at least 4 members (excludes halogenated alkanes) is 1. The SMILES string of the molecule is CC(C)C[C@@H](NC(=O)[C@@H](CCc1ccccc1)NC(=O)[C@H](N)Cc1ccccc1)C(=O)N[C@H](CCCCN)C(=O)N1CCC(NCCCN)(C(=O)O)CC1. The molecule has 11 N–H and O–H groups in total. The third kappa shape index (κ3) is 14.1. The minimum Gasteiger partial charge on any atom is -0.480 e. The maximum Gasteiger partial charge on any atom is 0.324 e. The highest BCUT2D eigenvalue weighted by Crippen LogP contribution is 2.24. The fraction of sp³-hybridized carbons (Fsp3) is 0.575. The molecule has 14 nitrogen and oxygen atoms in total. The van der Waals surface area contributed by atoms with Gasteiger partial charge in [-0.05, 0) is 101 Å². The molecule has 298 valence electrons. The van der Waals surface area contributed by atoms with Crippen LogP contribution in [0, 0.1) is 5.92 Å². The van der Waals surface area contributed by atoms with Gasteiger partial charge in [0.25, 0.3) is 0 Å². The summed E-state index contributed by atoms with van der Waals surface area (Å²) >= 11 is 0. The van der Waals surface area contributed by atoms with Crippen LogP contribution in [0.15, 0.2) is 60.7 Å². The molecule has 0 radical (unpaired) electrons. The van der Waals surface area contributed by atoms with Gasteiger partial charge >= 0.3 is 5.97 Å². The normalized spacial score (nSPS) is 16.1. The van der Waals surface area contributed by atoms with Crippen molar-refractivity contribution in [3.63, 3.8) is 0 Å². The van der Waals surface area contributed by atoms with E-state index in [-0.39, 0.29) is 57.0 Å². The van der Waals surface area contributed by atoms with Crippen LogP contribution in [0.2, 0.25) is 0 Å². The summed E-state index contributed by atoms with van der Waals surface area (Å²) < 4.78 is 0. The van der Waals surface area contributed by atoms with E-state index in [0.29, 0.717) is 51.7 Å². The Labute approximate surface area is 319 Å². The van der Waals surface area contributed by atoms with Crippen LogP contribution in [0.1, 0.15) is 76.3 Å². The number of rotatable bonds is 23. The van der Waals surface area contributed by atoms with Crippen LogP contribution in [0.25, 0.3) is 0 Å². The Morgan fingerprint density at radius 3 is 1.87 bits per heavy atom. The zero-order chi connectivity index (χ0) is 39.5. The van der Waals surface area contributed by atoms with Gasteiger partial charge in [0.05, 0.1) is 6.04 Å². The second-order valence-corrected chi connectivity index (χ2v) is 14.7. The molecule has 0 spiro atoms. The average Bonchev–Trinajstić information content (AvgIpc) is 3.16. The van der Waals surface area contributed by atoms with Gasteiger partial charge in [-0.25, -0.2) is 0 Å². The van der Waals surface area contributed by atoms with Crippen molar-refractivity contribution in [2.45, 2.75) is 108 Å². The predicted molar refractivity (Wildman–Crippen MR) is 209 cm³/mol. The number of hydrogen-bond acceptors (Lipinski definition) is 9. The first-order valence-corrected chi connectivity index (χ1v) is 19.3. The van der Waals surface area contributed by atoms with E-state index in [1.807, 2.05) is 74.5 Å². The second-order valence-electron chi connectivity index (χ2n) is 14.7. The van der Waals surface area contributed by atoms with Gasteiger partial charge in [0.1, 0.15) is 23.7 Å². The van der Waals surface area contributed by atoms with Gasteiger partial charge in [-0.1, -0.05) is 74.5 Å². The van der Waals surface area contributed by atoms with Gasteiger partial charge in [0.15, 0.2) is 0 Å². The Morgan fingerprint density at radius 1 is 0.741 bits per heavy atom. The van der Waals surface area contributed by atoms with Gasteiger partial charge < -0.3 is 48.5 Å². The maximum absolute atomic E-state index is 14.0. The predicted octanol–water partition coefficient (Wildman–Crippen LogP) is 1.20. The molecule has 1 saturated heterocycles. The van der Waals surface area contributed by atoms with Crippen molar-refractivity contribution in [3.05, 3.63) is 71.8 Å². The molecular formula is C40H62N8O6. The number of hydrogen-bond donors (Lipinski definition) is 8. The number of carbonyl (C=O) groups is 5. The number of nitrogens with one attached hydrogen (secondary N) is 4. The zero-order valence-electron chi connectivity index (χ0n) is 31.9. The van der Waals surface area contributed by atoms with E-state index < -0.39 is 53.4 Å². The highest BCUT2D eigenvalue weighted by molar-refractivity contribution is 5.95. The lowest BCUT2D eigenvalue weighted by atomic mass is 9.87. The van der Waals surface area contributed by atoms with Crippen molar-refractivity contribution in [2.75, 3.05) is 32.7 Å². The first-order valence-electron chi connectivity index (χ1n) is 19.3. The molecule has 0 aliphatic carbocycles. The van der Waals surface area contributed by atoms with E-state index in [9.17, 15) is 29.1 Å². The first kappa shape index (κ1) is 44.0. The molecule has 4 amide bonds. The number of carbonyl (C=O) groups excluding carboxylic acids is 4. The van der Waals surface area contributed by atoms with E-state index in [1.165, 1.54) is 0 Å². The average molecular weight is 751 g/mol. The monoisotopic (exact) mass is 750 g/mol. The molecule has 0 saturated carbocycles. The van der Waals surface area contributed by atoms with Crippen LogP contribution in [0.3, 0.4) is 0 Å². The molecule has 0 unspecified atom stereocenters. The summed E-state index contributed by atoms with van der Waals surface area (Å²) in [6.07, 6.45) is 3.93. The first-order chi connectivity index (χ1) is 25.9. The molecule has 2 aromatic carbocycles. The van der Waals surface area contributed by atoms with Gasteiger partial charge in [-0.3, -0.25) is 24.0 Å². The van der Waals surface area contributed by atoms with Gasteiger partial charge in [0, 0.05) is 13.1 Å². The standard InChI is InChI=1S/C40H62N8O6/c1-28(2)26-34(37(51)46-33(16-9-10-21-41)38(52)48-24-19-40(20-25-48,39(53)54)44-23-11-22-42)47-36(50)32(18-17-29-12-5-3-6-13-29)45-35(49)31(43)27-30-14-7-4-8-15-30/h3-8,12-15,28,31-34,44H,9-11,16-27,41-43H2,1-2H3,(H,45,49)(H,46,51)(H,47,50)(H,53,54)/t31-,32-,33-,34-/m1/s1. The summed E-state index contributed by atoms with van der Waals surface area (Å²) in [6, 6.07) is 15.2. The van der Waals surface area contributed by atoms with Crippen molar-refractivity contribution < 1.29 is 29.1 Å². The third-order valence-corrected chi connectivity index (χ3v) is 9.92. The molecule has 1 aliphatic rings. The summed E-state index contributed by atoms with van der Waals surface area (Å²) in [6.45, 7) is 5.56. The maximum atomic E-state index is 14.0. The number of piperidine rings is 1. The summed E-state index contributed by atoms with van der Waals surface area (Å²) in [4.78, 5) is 69.1. The van der Waals surface area contributed by atoms with E-state index in [0.717, 1.165) is 11.1 Å². The van der Waals surface area contributed by atoms with E-state index in [1.54, 1.807) is 4.90 Å². The number of carboxylic acid groups (broad SMARTS) is 1. The van der Waals surface area contributed by atoms with Crippen LogP contribution >= 0.6 is 0 Å². The molecule has 0 aromatic heterocycles. The molecule has 14 heteroatoms. The Kier molecular flexibility index (Phi) is 18.6. The topological polar surface area (TPSA) is 235 Å². The number of amides is 4. The Bertz CT molecular complexity index is 1470. The number of nitrogens with two attached hydrogens (primary N) is 3. The summed E-state index contributed by atoms with van der Waals surface area (Å²) in [5.41, 5.74) is 18.3. The minimum absolute atomic E-state index is 0.00195. The Hall–Kier alpha value is -4.37. The Morgan fingerprint density at radius 2 is 1.30 bits per heavy atom. The Balaban J connectivity index is 1.76. The lowest BCUT2D eigenvalue weighted by molar-refractivity contribution is -0.150. The van der Waals surface area contributed by atoms with Crippen LogP contribution < -0.4 is 38.5 Å². The van der Waals surface area contributed by atoms with E-state index in [2.05, 4.69) is 21.3 Å². The third-order valence-electron chi connectivity index (χ3n) is 9.92. The molecule has 3 rings (SSSR count). The van der Waals surface area contributed by atoms with Crippen LogP contribution in [-0.4, -0.2) is 102 Å². The lowest BCUT2D eigenvalue weighted by Gasteiger charge is -2.40. The summed E-state index contributed by atoms with van der Waals surface area (Å²) in [5, 5.41) is 21.8. The summed E-state index contributed by atoms with van der Waals surface area (Å²) in [7, 11) is 0. The number of likely N-dealkylation sites (tertiary alicyclic amines) is 1. The highest BCUT2D eigenvalue weighted by atomic mass is 16.4. The number of nitrogens with zero attached hydrogens (tertiary/aromatic N) is 1. The highest BCUT2D eigenvalue weighted by Gasteiger charge is 2.43. The van der Waals surface area contributed by atoms with Crippen molar-refractivity contribution in [3.8, 4) is 0 Å². The largest absolute Gasteiger partial charge is 0.480 e. The minimum atomic E-state index is -1.16. The van der Waals surface area contributed by atoms with Crippen LogP contribution in [0.5, 0.6) is 0 Å². The van der Waals surface area contributed by atoms with Gasteiger partial charge in [-0.2, -0.15) is 0 Å². The quantitative estimate of drug-likeness (QED) is 0.0756. The molecule has 1 fully saturated rings. The van der Waals surface area contributed by atoms with Crippen molar-refractivity contribution >= 4 is 29.6 Å². The van der Waals surface area contributed by atoms with E-state index >= 15 is 0 Å². The second kappa shape index (κ2) is 22.8. The van der Waals surface area contributed by atoms with Crippen molar-refractivity contribution in [2.24, 2.45) is 23.1 Å². The molecule has 4 atom stereocenters. The number of aryl methyl sites for hydroxylation is 1. The molecule has 1 aliphatic heterocycles. The van der Waals surface area contributed by atoms with Crippen LogP contribution in [0.4, 0.5) is 0 Å². The summed E-state index contributed by atoms with van der Waals surface area (Å²) in [5.74, 6) is -2.80. The fourth-order valence-corrected chi connectivity index (χ4v) is 6.69. The molecule has 54 heavy (non-hydrogen) atoms. The number of aliphatic carboxylic acids is 1. The molecule has 0 bridgehead atoms. The molecular weight excluding hydrogens is 688 g/mol. The van der Waals surface area contributed by atoms with Gasteiger partial charge in [0.2, 0.25) is 23.6 Å².